The van der Waals surface area contributed by atoms with Gasteiger partial charge in [0.05, 0.1) is 17.8 Å². The quantitative estimate of drug-likeness (QED) is 0.812. The van der Waals surface area contributed by atoms with Gasteiger partial charge < -0.3 is 15.4 Å². The predicted octanol–water partition coefficient (Wildman–Crippen LogP) is 1.22. The Hall–Kier alpha value is -1.62. The van der Waals surface area contributed by atoms with E-state index in [1.807, 2.05) is 20.8 Å². The van der Waals surface area contributed by atoms with Crippen LogP contribution in [0.1, 0.15) is 29.9 Å². The summed E-state index contributed by atoms with van der Waals surface area (Å²) < 4.78 is 5.61. The van der Waals surface area contributed by atoms with Gasteiger partial charge in [-0.1, -0.05) is 0 Å². The monoisotopic (exact) mass is 249 g/mol. The third-order valence-electron chi connectivity index (χ3n) is 3.01. The van der Waals surface area contributed by atoms with Crippen LogP contribution < -0.4 is 5.73 Å². The minimum absolute atomic E-state index is 0.0531. The average Bonchev–Trinajstić information content (AvgIpc) is 2.26. The maximum absolute atomic E-state index is 12.4. The van der Waals surface area contributed by atoms with Crippen molar-refractivity contribution in [1.29, 1.82) is 0 Å². The average molecular weight is 249 g/mol. The number of rotatable bonds is 1. The molecule has 1 aliphatic rings. The molecule has 2 heterocycles. The molecular formula is C13H19N3O2. The molecule has 2 N–H and O–H groups in total. The Morgan fingerprint density at radius 3 is 2.61 bits per heavy atom. The van der Waals surface area contributed by atoms with Crippen LogP contribution in [0.2, 0.25) is 0 Å². The number of ether oxygens (including phenoxy) is 1. The number of nitrogens with two attached hydrogens (primary N) is 1. The SMILES string of the molecule is Cc1cc(N)c(C(=O)N2CC(C)OC(C)C2)cn1. The number of nitrogen functional groups attached to an aromatic ring is 1. The number of hydrogen-bond acceptors (Lipinski definition) is 4. The van der Waals surface area contributed by atoms with Crippen LogP contribution in [0.15, 0.2) is 12.3 Å². The van der Waals surface area contributed by atoms with Crippen molar-refractivity contribution >= 4 is 11.6 Å². The number of amides is 1. The molecule has 18 heavy (non-hydrogen) atoms. The second kappa shape index (κ2) is 4.94. The number of aryl methyl sites for hydroxylation is 1. The van der Waals surface area contributed by atoms with Crippen LogP contribution in [0.25, 0.3) is 0 Å². The van der Waals surface area contributed by atoms with Crippen LogP contribution in [0, 0.1) is 6.92 Å². The van der Waals surface area contributed by atoms with E-state index in [1.54, 1.807) is 17.2 Å². The molecule has 1 aliphatic heterocycles. The fourth-order valence-corrected chi connectivity index (χ4v) is 2.27. The van der Waals surface area contributed by atoms with Gasteiger partial charge in [0.2, 0.25) is 0 Å². The van der Waals surface area contributed by atoms with Gasteiger partial charge in [-0.15, -0.1) is 0 Å². The predicted molar refractivity (Wildman–Crippen MR) is 69.3 cm³/mol. The van der Waals surface area contributed by atoms with Crippen LogP contribution in [0.3, 0.4) is 0 Å². The first-order valence-electron chi connectivity index (χ1n) is 6.14. The molecule has 5 heteroatoms. The number of hydrogen-bond donors (Lipinski definition) is 1. The van der Waals surface area contributed by atoms with Crippen molar-refractivity contribution in [3.63, 3.8) is 0 Å². The molecule has 2 atom stereocenters. The van der Waals surface area contributed by atoms with Crippen LogP contribution in [-0.4, -0.2) is 41.1 Å². The number of carbonyl (C=O) groups excluding carboxylic acids is 1. The lowest BCUT2D eigenvalue weighted by Crippen LogP contribution is -2.48. The molecule has 98 valence electrons. The number of pyridine rings is 1. The first kappa shape index (κ1) is 12.8. The molecule has 1 aromatic heterocycles. The molecular weight excluding hydrogens is 230 g/mol. The second-order valence-corrected chi connectivity index (χ2v) is 4.88. The van der Waals surface area contributed by atoms with Crippen LogP contribution in [0.5, 0.6) is 0 Å². The minimum Gasteiger partial charge on any atom is -0.398 e. The smallest absolute Gasteiger partial charge is 0.257 e. The maximum atomic E-state index is 12.4. The highest BCUT2D eigenvalue weighted by Gasteiger charge is 2.27. The van der Waals surface area contributed by atoms with Crippen LogP contribution >= 0.6 is 0 Å². The fraction of sp³-hybridized carbons (Fsp3) is 0.538. The van der Waals surface area contributed by atoms with E-state index in [2.05, 4.69) is 4.98 Å². The molecule has 1 fully saturated rings. The van der Waals surface area contributed by atoms with Crippen molar-refractivity contribution in [1.82, 2.24) is 9.88 Å². The van der Waals surface area contributed by atoms with Crippen LogP contribution in [-0.2, 0) is 4.74 Å². The summed E-state index contributed by atoms with van der Waals surface area (Å²) in [5.41, 5.74) is 7.65. The normalized spacial score (nSPS) is 24.1. The Labute approximate surface area is 107 Å². The molecule has 5 nitrogen and oxygen atoms in total. The molecule has 2 rings (SSSR count). The van der Waals surface area contributed by atoms with E-state index in [1.165, 1.54) is 0 Å². The zero-order valence-corrected chi connectivity index (χ0v) is 11.0. The summed E-state index contributed by atoms with van der Waals surface area (Å²) in [5.74, 6) is -0.0676. The lowest BCUT2D eigenvalue weighted by atomic mass is 10.1. The van der Waals surface area contributed by atoms with Gasteiger partial charge in [-0.05, 0) is 26.8 Å². The second-order valence-electron chi connectivity index (χ2n) is 4.88. The van der Waals surface area contributed by atoms with Gasteiger partial charge >= 0.3 is 0 Å². The van der Waals surface area contributed by atoms with Gasteiger partial charge in [0.25, 0.3) is 5.91 Å². The largest absolute Gasteiger partial charge is 0.398 e. The highest BCUT2D eigenvalue weighted by Crippen LogP contribution is 2.18. The van der Waals surface area contributed by atoms with Gasteiger partial charge in [-0.3, -0.25) is 9.78 Å². The minimum atomic E-state index is -0.0676. The van der Waals surface area contributed by atoms with Crippen molar-refractivity contribution in [2.75, 3.05) is 18.8 Å². The number of nitrogens with zero attached hydrogens (tertiary/aromatic N) is 2. The van der Waals surface area contributed by atoms with Gasteiger partial charge in [0.1, 0.15) is 0 Å². The van der Waals surface area contributed by atoms with Crippen molar-refractivity contribution in [2.24, 2.45) is 0 Å². The zero-order chi connectivity index (χ0) is 13.3. The summed E-state index contributed by atoms with van der Waals surface area (Å²) in [6.45, 7) is 6.97. The lowest BCUT2D eigenvalue weighted by molar-refractivity contribution is -0.0586. The van der Waals surface area contributed by atoms with E-state index >= 15 is 0 Å². The summed E-state index contributed by atoms with van der Waals surface area (Å²) in [5, 5.41) is 0. The van der Waals surface area contributed by atoms with Gasteiger partial charge in [0.15, 0.2) is 0 Å². The molecule has 0 aromatic carbocycles. The van der Waals surface area contributed by atoms with E-state index < -0.39 is 0 Å². The van der Waals surface area contributed by atoms with Gasteiger partial charge in [-0.2, -0.15) is 0 Å². The Kier molecular flexibility index (Phi) is 3.52. The van der Waals surface area contributed by atoms with E-state index in [-0.39, 0.29) is 18.1 Å². The van der Waals surface area contributed by atoms with E-state index in [0.29, 0.717) is 24.3 Å². The van der Waals surface area contributed by atoms with Gasteiger partial charge in [-0.25, -0.2) is 0 Å². The fourth-order valence-electron chi connectivity index (χ4n) is 2.27. The maximum Gasteiger partial charge on any atom is 0.257 e. The molecule has 0 radical (unpaired) electrons. The standard InChI is InChI=1S/C13H19N3O2/c1-8-4-12(14)11(5-15-8)13(17)16-6-9(2)18-10(3)7-16/h4-5,9-10H,6-7H2,1-3H3,(H2,14,15). The van der Waals surface area contributed by atoms with Crippen molar-refractivity contribution in [3.8, 4) is 0 Å². The summed E-state index contributed by atoms with van der Waals surface area (Å²) in [6.07, 6.45) is 1.66. The van der Waals surface area contributed by atoms with Crippen molar-refractivity contribution in [2.45, 2.75) is 33.0 Å². The molecule has 1 saturated heterocycles. The molecule has 1 aromatic rings. The number of morpholine rings is 1. The number of aromatic nitrogens is 1. The highest BCUT2D eigenvalue weighted by molar-refractivity contribution is 5.98. The van der Waals surface area contributed by atoms with Crippen molar-refractivity contribution in [3.05, 3.63) is 23.5 Å². The molecule has 0 saturated carbocycles. The van der Waals surface area contributed by atoms with Crippen molar-refractivity contribution < 1.29 is 9.53 Å². The molecule has 0 bridgehead atoms. The third kappa shape index (κ3) is 2.61. The number of carbonyl (C=O) groups is 1. The summed E-state index contributed by atoms with van der Waals surface area (Å²) in [4.78, 5) is 18.3. The highest BCUT2D eigenvalue weighted by atomic mass is 16.5. The van der Waals surface area contributed by atoms with Crippen LogP contribution in [0.4, 0.5) is 5.69 Å². The third-order valence-corrected chi connectivity index (χ3v) is 3.01. The Morgan fingerprint density at radius 2 is 2.06 bits per heavy atom. The summed E-state index contributed by atoms with van der Waals surface area (Å²) >= 11 is 0. The van der Waals surface area contributed by atoms with E-state index in [4.69, 9.17) is 10.5 Å². The topological polar surface area (TPSA) is 68.5 Å². The Morgan fingerprint density at radius 1 is 1.44 bits per heavy atom. The Balaban J connectivity index is 2.20. The zero-order valence-electron chi connectivity index (χ0n) is 11.0. The first-order chi connectivity index (χ1) is 8.47. The Bertz CT molecular complexity index is 452. The molecule has 1 amide bonds. The summed E-state index contributed by atoms with van der Waals surface area (Å²) in [7, 11) is 0. The molecule has 0 spiro atoms. The first-order valence-corrected chi connectivity index (χ1v) is 6.14. The summed E-state index contributed by atoms with van der Waals surface area (Å²) in [6, 6.07) is 1.72. The lowest BCUT2D eigenvalue weighted by Gasteiger charge is -2.35. The van der Waals surface area contributed by atoms with Gasteiger partial charge in [0, 0.05) is 30.7 Å². The molecule has 2 unspecified atom stereocenters. The number of anilines is 1. The molecule has 0 aliphatic carbocycles. The van der Waals surface area contributed by atoms with E-state index in [0.717, 1.165) is 5.69 Å². The van der Waals surface area contributed by atoms with E-state index in [9.17, 15) is 4.79 Å².